The molecule has 0 aliphatic carbocycles. The number of aliphatic hydroxyl groups is 1. The fraction of sp³-hybridized carbons (Fsp3) is 0.440. The summed E-state index contributed by atoms with van der Waals surface area (Å²) in [6.07, 6.45) is -0.202. The van der Waals surface area contributed by atoms with E-state index in [0.29, 0.717) is 22.9 Å². The fourth-order valence-corrected chi connectivity index (χ4v) is 5.34. The minimum Gasteiger partial charge on any atom is -0.481 e. The molecule has 2 N–H and O–H groups in total. The van der Waals surface area contributed by atoms with Gasteiger partial charge in [0.15, 0.2) is 0 Å². The number of carbonyl (C=O) groups excluding carboxylic acids is 1. The highest BCUT2D eigenvalue weighted by molar-refractivity contribution is 6.30. The Balaban J connectivity index is 2.25. The van der Waals surface area contributed by atoms with E-state index in [1.807, 2.05) is 37.3 Å². The number of hydrogen-bond donors (Lipinski definition) is 2. The van der Waals surface area contributed by atoms with Gasteiger partial charge in [-0.15, -0.1) is 0 Å². The third-order valence-electron chi connectivity index (χ3n) is 6.46. The van der Waals surface area contributed by atoms with Gasteiger partial charge in [0.2, 0.25) is 5.91 Å². The van der Waals surface area contributed by atoms with Crippen LogP contribution < -0.4 is 0 Å². The average Bonchev–Trinajstić information content (AvgIpc) is 2.71. The van der Waals surface area contributed by atoms with Gasteiger partial charge in [-0.05, 0) is 55.2 Å². The maximum absolute atomic E-state index is 13.9. The molecule has 172 valence electrons. The van der Waals surface area contributed by atoms with E-state index in [1.165, 1.54) is 0 Å². The molecule has 5 atom stereocenters. The van der Waals surface area contributed by atoms with Gasteiger partial charge < -0.3 is 15.1 Å². The van der Waals surface area contributed by atoms with Crippen molar-refractivity contribution < 1.29 is 19.8 Å². The number of halogens is 2. The summed E-state index contributed by atoms with van der Waals surface area (Å²) in [5.41, 5.74) is 0.681. The number of likely N-dealkylation sites (tertiary alicyclic amines) is 1. The van der Waals surface area contributed by atoms with Crippen LogP contribution in [0.25, 0.3) is 0 Å². The highest BCUT2D eigenvalue weighted by atomic mass is 35.5. The molecule has 1 aliphatic rings. The predicted octanol–water partition coefficient (Wildman–Crippen LogP) is 5.69. The second kappa shape index (κ2) is 9.82. The normalized spacial score (nSPS) is 25.4. The molecule has 0 saturated carbocycles. The highest BCUT2D eigenvalue weighted by Gasteiger charge is 2.52. The van der Waals surface area contributed by atoms with E-state index in [4.69, 9.17) is 23.2 Å². The third kappa shape index (κ3) is 4.95. The molecule has 0 spiro atoms. The summed E-state index contributed by atoms with van der Waals surface area (Å²) in [5.74, 6) is -1.50. The maximum atomic E-state index is 13.9. The number of amides is 1. The van der Waals surface area contributed by atoms with Gasteiger partial charge in [-0.1, -0.05) is 61.3 Å². The molecule has 7 heteroatoms. The lowest BCUT2D eigenvalue weighted by Gasteiger charge is -2.52. The van der Waals surface area contributed by atoms with E-state index in [0.717, 1.165) is 11.1 Å². The molecular formula is C25H29Cl2NO4. The molecule has 5 nitrogen and oxygen atoms in total. The molecular weight excluding hydrogens is 449 g/mol. The average molecular weight is 478 g/mol. The lowest BCUT2D eigenvalue weighted by Crippen LogP contribution is -2.58. The third-order valence-corrected chi connectivity index (χ3v) is 6.95. The van der Waals surface area contributed by atoms with E-state index in [9.17, 15) is 19.8 Å². The summed E-state index contributed by atoms with van der Waals surface area (Å²) in [4.78, 5) is 27.3. The Kier molecular flexibility index (Phi) is 7.53. The monoisotopic (exact) mass is 477 g/mol. The highest BCUT2D eigenvalue weighted by Crippen LogP contribution is 2.52. The van der Waals surface area contributed by atoms with E-state index in [-0.39, 0.29) is 18.2 Å². The number of carboxylic acids is 1. The summed E-state index contributed by atoms with van der Waals surface area (Å²) in [7, 11) is 0. The second-order valence-corrected chi connectivity index (χ2v) is 9.79. The van der Waals surface area contributed by atoms with Crippen molar-refractivity contribution in [3.05, 3.63) is 69.7 Å². The molecule has 0 radical (unpaired) electrons. The molecule has 1 saturated heterocycles. The van der Waals surface area contributed by atoms with Crippen molar-refractivity contribution in [2.45, 2.75) is 64.1 Å². The SMILES string of the molecule is CC[C@H]([C@@H](C)O)N1C(=O)[C@](C)(CC(=O)O)C[C@H](c2cccc(Cl)c2)[C@H]1c1ccc(Cl)cc1. The van der Waals surface area contributed by atoms with E-state index in [1.54, 1.807) is 36.9 Å². The first-order chi connectivity index (χ1) is 15.1. The van der Waals surface area contributed by atoms with Crippen molar-refractivity contribution in [3.63, 3.8) is 0 Å². The van der Waals surface area contributed by atoms with Crippen molar-refractivity contribution in [2.24, 2.45) is 5.41 Å². The summed E-state index contributed by atoms with van der Waals surface area (Å²) >= 11 is 12.4. The van der Waals surface area contributed by atoms with Crippen LogP contribution >= 0.6 is 23.2 Å². The van der Waals surface area contributed by atoms with Crippen LogP contribution in [0, 0.1) is 5.41 Å². The molecule has 0 bridgehead atoms. The number of aliphatic carboxylic acids is 1. The number of piperidine rings is 1. The van der Waals surface area contributed by atoms with Gasteiger partial charge in [0.05, 0.1) is 30.0 Å². The lowest BCUT2D eigenvalue weighted by molar-refractivity contribution is -0.163. The maximum Gasteiger partial charge on any atom is 0.304 e. The lowest BCUT2D eigenvalue weighted by atomic mass is 9.67. The van der Waals surface area contributed by atoms with Gasteiger partial charge in [0, 0.05) is 16.0 Å². The fourth-order valence-electron chi connectivity index (χ4n) is 5.02. The predicted molar refractivity (Wildman–Crippen MR) is 126 cm³/mol. The summed E-state index contributed by atoms with van der Waals surface area (Å²) in [6.45, 7) is 5.29. The first-order valence-electron chi connectivity index (χ1n) is 10.8. The Morgan fingerprint density at radius 2 is 1.81 bits per heavy atom. The Bertz CT molecular complexity index is 978. The zero-order valence-corrected chi connectivity index (χ0v) is 20.0. The van der Waals surface area contributed by atoms with Crippen LogP contribution in [-0.4, -0.2) is 39.1 Å². The molecule has 0 aromatic heterocycles. The van der Waals surface area contributed by atoms with Crippen molar-refractivity contribution >= 4 is 35.1 Å². The minimum atomic E-state index is -1.12. The molecule has 2 aromatic rings. The number of aliphatic hydroxyl groups excluding tert-OH is 1. The standard InChI is InChI=1S/C25H29Cl2NO4/c1-4-21(15(2)29)28-23(16-8-10-18(26)11-9-16)20(17-6-5-7-19(27)12-17)13-25(3,24(28)32)14-22(30)31/h5-12,15,20-21,23,29H,4,13-14H2,1-3H3,(H,30,31)/t15-,20-,21-,23-,25+/m1/s1. The Morgan fingerprint density at radius 1 is 1.16 bits per heavy atom. The first-order valence-corrected chi connectivity index (χ1v) is 11.6. The number of hydrogen-bond acceptors (Lipinski definition) is 3. The summed E-state index contributed by atoms with van der Waals surface area (Å²) in [6, 6.07) is 13.9. The molecule has 1 fully saturated rings. The Morgan fingerprint density at radius 3 is 2.34 bits per heavy atom. The van der Waals surface area contributed by atoms with Gasteiger partial charge in [0.25, 0.3) is 0 Å². The number of carboxylic acid groups (broad SMARTS) is 1. The zero-order valence-electron chi connectivity index (χ0n) is 18.5. The van der Waals surface area contributed by atoms with Gasteiger partial charge in [-0.2, -0.15) is 0 Å². The number of benzene rings is 2. The smallest absolute Gasteiger partial charge is 0.304 e. The molecule has 0 unspecified atom stereocenters. The van der Waals surface area contributed by atoms with Crippen LogP contribution in [0.4, 0.5) is 0 Å². The van der Waals surface area contributed by atoms with Gasteiger partial charge >= 0.3 is 5.97 Å². The minimum absolute atomic E-state index is 0.218. The quantitative estimate of drug-likeness (QED) is 0.536. The van der Waals surface area contributed by atoms with E-state index in [2.05, 4.69) is 0 Å². The summed E-state index contributed by atoms with van der Waals surface area (Å²) < 4.78 is 0. The van der Waals surface area contributed by atoms with Crippen molar-refractivity contribution in [1.29, 1.82) is 0 Å². The number of carbonyl (C=O) groups is 2. The van der Waals surface area contributed by atoms with Crippen LogP contribution in [0.1, 0.15) is 63.1 Å². The van der Waals surface area contributed by atoms with Gasteiger partial charge in [0.1, 0.15) is 0 Å². The molecule has 1 amide bonds. The topological polar surface area (TPSA) is 77.8 Å². The molecule has 1 aliphatic heterocycles. The van der Waals surface area contributed by atoms with Crippen LogP contribution in [0.3, 0.4) is 0 Å². The second-order valence-electron chi connectivity index (χ2n) is 8.92. The molecule has 1 heterocycles. The largest absolute Gasteiger partial charge is 0.481 e. The molecule has 32 heavy (non-hydrogen) atoms. The van der Waals surface area contributed by atoms with Gasteiger partial charge in [-0.3, -0.25) is 9.59 Å². The van der Waals surface area contributed by atoms with Crippen molar-refractivity contribution in [1.82, 2.24) is 4.90 Å². The van der Waals surface area contributed by atoms with Crippen LogP contribution in [-0.2, 0) is 9.59 Å². The molecule has 3 rings (SSSR count). The van der Waals surface area contributed by atoms with E-state index < -0.39 is 29.6 Å². The molecule has 2 aromatic carbocycles. The van der Waals surface area contributed by atoms with Crippen LogP contribution in [0.2, 0.25) is 10.0 Å². The van der Waals surface area contributed by atoms with Crippen LogP contribution in [0.5, 0.6) is 0 Å². The van der Waals surface area contributed by atoms with E-state index >= 15 is 0 Å². The zero-order chi connectivity index (χ0) is 23.6. The van der Waals surface area contributed by atoms with Crippen LogP contribution in [0.15, 0.2) is 48.5 Å². The Labute approximate surface area is 199 Å². The number of rotatable bonds is 7. The number of nitrogens with zero attached hydrogens (tertiary/aromatic N) is 1. The summed E-state index contributed by atoms with van der Waals surface area (Å²) in [5, 5.41) is 21.3. The first kappa shape index (κ1) is 24.6. The van der Waals surface area contributed by atoms with Gasteiger partial charge in [-0.25, -0.2) is 0 Å². The Hall–Kier alpha value is -2.08. The van der Waals surface area contributed by atoms with Crippen molar-refractivity contribution in [2.75, 3.05) is 0 Å². The van der Waals surface area contributed by atoms with Crippen molar-refractivity contribution in [3.8, 4) is 0 Å².